The molecule has 0 radical (unpaired) electrons. The minimum atomic E-state index is -0.340. The first kappa shape index (κ1) is 15.0. The Labute approximate surface area is 110 Å². The van der Waals surface area contributed by atoms with Crippen LogP contribution >= 0.6 is 0 Å². The molecular weight excluding hydrogens is 228 g/mol. The summed E-state index contributed by atoms with van der Waals surface area (Å²) >= 11 is 0. The Hall–Kier alpha value is -1.06. The molecule has 0 spiro atoms. The first-order valence-corrected chi connectivity index (χ1v) is 7.10. The Balaban J connectivity index is 3.06. The maximum absolute atomic E-state index is 12.5. The van der Waals surface area contributed by atoms with E-state index in [9.17, 15) is 9.59 Å². The molecule has 3 unspecified atom stereocenters. The minimum absolute atomic E-state index is 0.00282. The van der Waals surface area contributed by atoms with Crippen molar-refractivity contribution in [1.82, 2.24) is 10.2 Å². The van der Waals surface area contributed by atoms with Gasteiger partial charge in [0.2, 0.25) is 11.8 Å². The number of amides is 2. The standard InChI is InChI=1S/C14H26N2O2/c1-6-10-14(18)16(11(7-2)9(4)5)12(8-3)13(17)15-10/h9-12H,6-8H2,1-5H3,(H,15,17). The lowest BCUT2D eigenvalue weighted by atomic mass is 9.93. The summed E-state index contributed by atoms with van der Waals surface area (Å²) in [5.74, 6) is 0.462. The van der Waals surface area contributed by atoms with E-state index in [1.54, 1.807) is 0 Å². The van der Waals surface area contributed by atoms with E-state index in [0.717, 1.165) is 6.42 Å². The van der Waals surface area contributed by atoms with Crippen LogP contribution in [0.2, 0.25) is 0 Å². The Kier molecular flexibility index (Phi) is 5.17. The molecule has 3 atom stereocenters. The van der Waals surface area contributed by atoms with Crippen LogP contribution in [-0.4, -0.2) is 34.8 Å². The zero-order valence-corrected chi connectivity index (χ0v) is 12.2. The summed E-state index contributed by atoms with van der Waals surface area (Å²) in [6.07, 6.45) is 2.23. The monoisotopic (exact) mass is 254 g/mol. The predicted molar refractivity (Wildman–Crippen MR) is 72.1 cm³/mol. The number of nitrogens with one attached hydrogen (secondary N) is 1. The lowest BCUT2D eigenvalue weighted by Crippen LogP contribution is -2.66. The quantitative estimate of drug-likeness (QED) is 0.815. The normalized spacial score (nSPS) is 26.4. The first-order valence-electron chi connectivity index (χ1n) is 7.10. The maximum atomic E-state index is 12.5. The molecule has 0 aromatic heterocycles. The number of hydrogen-bond donors (Lipinski definition) is 1. The topological polar surface area (TPSA) is 49.4 Å². The van der Waals surface area contributed by atoms with Gasteiger partial charge in [0.25, 0.3) is 0 Å². The van der Waals surface area contributed by atoms with Gasteiger partial charge in [0.15, 0.2) is 0 Å². The molecular formula is C14H26N2O2. The summed E-state index contributed by atoms with van der Waals surface area (Å²) in [7, 11) is 0. The summed E-state index contributed by atoms with van der Waals surface area (Å²) in [5, 5.41) is 2.83. The predicted octanol–water partition coefficient (Wildman–Crippen LogP) is 1.94. The van der Waals surface area contributed by atoms with Crippen LogP contribution in [0.4, 0.5) is 0 Å². The number of nitrogens with zero attached hydrogens (tertiary/aromatic N) is 1. The Morgan fingerprint density at radius 1 is 1.17 bits per heavy atom. The van der Waals surface area contributed by atoms with E-state index in [4.69, 9.17) is 0 Å². The Bertz CT molecular complexity index is 315. The van der Waals surface area contributed by atoms with Crippen LogP contribution in [0.3, 0.4) is 0 Å². The number of piperazine rings is 1. The van der Waals surface area contributed by atoms with Crippen molar-refractivity contribution in [3.05, 3.63) is 0 Å². The van der Waals surface area contributed by atoms with Crippen molar-refractivity contribution in [2.45, 2.75) is 72.0 Å². The third-order valence-electron chi connectivity index (χ3n) is 3.85. The van der Waals surface area contributed by atoms with Gasteiger partial charge in [0.1, 0.15) is 12.1 Å². The second kappa shape index (κ2) is 6.21. The molecule has 18 heavy (non-hydrogen) atoms. The van der Waals surface area contributed by atoms with Crippen LogP contribution in [0.1, 0.15) is 53.9 Å². The zero-order chi connectivity index (χ0) is 13.9. The van der Waals surface area contributed by atoms with Crippen LogP contribution in [-0.2, 0) is 9.59 Å². The highest BCUT2D eigenvalue weighted by Gasteiger charge is 2.42. The molecule has 1 fully saturated rings. The van der Waals surface area contributed by atoms with Crippen LogP contribution in [0.15, 0.2) is 0 Å². The van der Waals surface area contributed by atoms with E-state index in [2.05, 4.69) is 26.1 Å². The highest BCUT2D eigenvalue weighted by Crippen LogP contribution is 2.24. The van der Waals surface area contributed by atoms with E-state index >= 15 is 0 Å². The Morgan fingerprint density at radius 2 is 1.78 bits per heavy atom. The fourth-order valence-corrected chi connectivity index (χ4v) is 2.83. The Morgan fingerprint density at radius 3 is 2.17 bits per heavy atom. The summed E-state index contributed by atoms with van der Waals surface area (Å²) < 4.78 is 0. The SMILES string of the molecule is CCC1NC(=O)C(CC)N(C(CC)C(C)C)C1=O. The minimum Gasteiger partial charge on any atom is -0.343 e. The summed E-state index contributed by atoms with van der Waals surface area (Å²) in [4.78, 5) is 26.4. The fourth-order valence-electron chi connectivity index (χ4n) is 2.83. The van der Waals surface area contributed by atoms with E-state index in [-0.39, 0.29) is 29.9 Å². The molecule has 1 N–H and O–H groups in total. The number of rotatable bonds is 5. The third kappa shape index (κ3) is 2.68. The van der Waals surface area contributed by atoms with Gasteiger partial charge in [-0.15, -0.1) is 0 Å². The van der Waals surface area contributed by atoms with E-state index in [0.29, 0.717) is 18.8 Å². The third-order valence-corrected chi connectivity index (χ3v) is 3.85. The van der Waals surface area contributed by atoms with Gasteiger partial charge in [-0.05, 0) is 25.2 Å². The maximum Gasteiger partial charge on any atom is 0.246 e. The second-order valence-electron chi connectivity index (χ2n) is 5.36. The number of carbonyl (C=O) groups excluding carboxylic acids is 2. The molecule has 0 bridgehead atoms. The average molecular weight is 254 g/mol. The van der Waals surface area contributed by atoms with Gasteiger partial charge in [-0.3, -0.25) is 9.59 Å². The second-order valence-corrected chi connectivity index (χ2v) is 5.36. The van der Waals surface area contributed by atoms with Crippen LogP contribution in [0.5, 0.6) is 0 Å². The molecule has 1 aliphatic heterocycles. The van der Waals surface area contributed by atoms with Crippen LogP contribution in [0, 0.1) is 5.92 Å². The molecule has 0 aromatic rings. The van der Waals surface area contributed by atoms with Crippen molar-refractivity contribution in [2.75, 3.05) is 0 Å². The molecule has 1 heterocycles. The van der Waals surface area contributed by atoms with Crippen molar-refractivity contribution in [3.63, 3.8) is 0 Å². The smallest absolute Gasteiger partial charge is 0.246 e. The van der Waals surface area contributed by atoms with Crippen molar-refractivity contribution in [1.29, 1.82) is 0 Å². The van der Waals surface area contributed by atoms with E-state index < -0.39 is 0 Å². The van der Waals surface area contributed by atoms with E-state index in [1.165, 1.54) is 0 Å². The summed E-state index contributed by atoms with van der Waals surface area (Å²) in [6, 6.07) is -0.483. The molecule has 1 saturated heterocycles. The van der Waals surface area contributed by atoms with Gasteiger partial charge >= 0.3 is 0 Å². The van der Waals surface area contributed by atoms with Crippen molar-refractivity contribution in [2.24, 2.45) is 5.92 Å². The zero-order valence-electron chi connectivity index (χ0n) is 12.2. The summed E-state index contributed by atoms with van der Waals surface area (Å²) in [6.45, 7) is 10.2. The molecule has 0 aromatic carbocycles. The van der Waals surface area contributed by atoms with Gasteiger partial charge in [-0.25, -0.2) is 0 Å². The molecule has 1 aliphatic rings. The molecule has 4 heteroatoms. The molecule has 0 saturated carbocycles. The lowest BCUT2D eigenvalue weighted by molar-refractivity contribution is -0.153. The van der Waals surface area contributed by atoms with Gasteiger partial charge in [0.05, 0.1) is 0 Å². The molecule has 1 rings (SSSR count). The molecule has 2 amide bonds. The fraction of sp³-hybridized carbons (Fsp3) is 0.857. The molecule has 4 nitrogen and oxygen atoms in total. The highest BCUT2D eigenvalue weighted by molar-refractivity contribution is 5.97. The first-order chi connectivity index (χ1) is 8.47. The largest absolute Gasteiger partial charge is 0.343 e. The molecule has 0 aliphatic carbocycles. The van der Waals surface area contributed by atoms with Crippen LogP contribution in [0.25, 0.3) is 0 Å². The van der Waals surface area contributed by atoms with Crippen molar-refractivity contribution in [3.8, 4) is 0 Å². The lowest BCUT2D eigenvalue weighted by Gasteiger charge is -2.44. The van der Waals surface area contributed by atoms with E-state index in [1.807, 2.05) is 18.7 Å². The van der Waals surface area contributed by atoms with Crippen LogP contribution < -0.4 is 5.32 Å². The van der Waals surface area contributed by atoms with Gasteiger partial charge in [-0.2, -0.15) is 0 Å². The number of carbonyl (C=O) groups is 2. The summed E-state index contributed by atoms with van der Waals surface area (Å²) in [5.41, 5.74) is 0. The average Bonchev–Trinajstić information content (AvgIpc) is 2.33. The van der Waals surface area contributed by atoms with Crippen molar-refractivity contribution >= 4 is 11.8 Å². The van der Waals surface area contributed by atoms with Gasteiger partial charge in [-0.1, -0.05) is 34.6 Å². The highest BCUT2D eigenvalue weighted by atomic mass is 16.2. The van der Waals surface area contributed by atoms with Crippen molar-refractivity contribution < 1.29 is 9.59 Å². The van der Waals surface area contributed by atoms with Gasteiger partial charge < -0.3 is 10.2 Å². The number of hydrogen-bond acceptors (Lipinski definition) is 2. The van der Waals surface area contributed by atoms with Gasteiger partial charge in [0, 0.05) is 6.04 Å². The molecule has 104 valence electrons.